The molecule has 0 saturated carbocycles. The van der Waals surface area contributed by atoms with E-state index in [9.17, 15) is 9.59 Å². The molecule has 4 nitrogen and oxygen atoms in total. The minimum atomic E-state index is -0.384. The fourth-order valence-electron chi connectivity index (χ4n) is 4.49. The summed E-state index contributed by atoms with van der Waals surface area (Å²) in [7, 11) is 0. The molecule has 1 heterocycles. The number of Topliss-reactive ketones (excluding diaryl/α,β-unsaturated/α-hetero) is 1. The van der Waals surface area contributed by atoms with Gasteiger partial charge >= 0.3 is 0 Å². The van der Waals surface area contributed by atoms with Crippen molar-refractivity contribution in [2.75, 3.05) is 19.6 Å². The van der Waals surface area contributed by atoms with Gasteiger partial charge in [0.05, 0.1) is 0 Å². The Morgan fingerprint density at radius 1 is 1.17 bits per heavy atom. The van der Waals surface area contributed by atoms with E-state index in [-0.39, 0.29) is 23.0 Å². The van der Waals surface area contributed by atoms with Gasteiger partial charge in [0.15, 0.2) is 0 Å². The second kappa shape index (κ2) is 8.91. The molecular formula is C25H32N2O2. The van der Waals surface area contributed by atoms with E-state index in [1.165, 1.54) is 11.1 Å². The normalized spacial score (nSPS) is 23.5. The monoisotopic (exact) mass is 392 g/mol. The van der Waals surface area contributed by atoms with E-state index < -0.39 is 0 Å². The zero-order chi connectivity index (χ0) is 21.0. The third-order valence-electron chi connectivity index (χ3n) is 6.75. The first kappa shape index (κ1) is 21.3. The number of nitrogens with two attached hydrogens (primary N) is 1. The molecule has 2 aromatic rings. The third kappa shape index (κ3) is 4.94. The van der Waals surface area contributed by atoms with Crippen molar-refractivity contribution in [2.45, 2.75) is 39.0 Å². The summed E-state index contributed by atoms with van der Waals surface area (Å²) in [5.41, 5.74) is 8.43. The van der Waals surface area contributed by atoms with Crippen LogP contribution in [0.15, 0.2) is 54.6 Å². The van der Waals surface area contributed by atoms with Gasteiger partial charge in [0, 0.05) is 24.6 Å². The van der Waals surface area contributed by atoms with Crippen LogP contribution in [0.5, 0.6) is 0 Å². The fourth-order valence-corrected chi connectivity index (χ4v) is 4.49. The molecule has 29 heavy (non-hydrogen) atoms. The van der Waals surface area contributed by atoms with Crippen molar-refractivity contribution in [3.8, 4) is 0 Å². The van der Waals surface area contributed by atoms with Crippen molar-refractivity contribution in [1.82, 2.24) is 4.90 Å². The topological polar surface area (TPSA) is 63.4 Å². The van der Waals surface area contributed by atoms with Crippen LogP contribution in [0.25, 0.3) is 0 Å². The standard InChI is InChI=1S/C25H32N2O2/c1-18-16-27(17-22(19(2)28)14-20-8-5-4-6-9-20)13-12-25(18,3)23-11-7-10-21(15-23)24(26)29/h4-11,15,18,22H,12-14,16-17H2,1-3H3,(H2,26,29)/t18?,22?,25-/m1/s1. The molecule has 2 unspecified atom stereocenters. The molecular weight excluding hydrogens is 360 g/mol. The van der Waals surface area contributed by atoms with E-state index in [0.717, 1.165) is 32.5 Å². The second-order valence-corrected chi connectivity index (χ2v) is 8.77. The van der Waals surface area contributed by atoms with E-state index in [0.29, 0.717) is 11.5 Å². The van der Waals surface area contributed by atoms with E-state index in [2.05, 4.69) is 36.9 Å². The van der Waals surface area contributed by atoms with Crippen LogP contribution in [0.1, 0.15) is 48.7 Å². The van der Waals surface area contributed by atoms with E-state index in [1.807, 2.05) is 30.3 Å². The lowest BCUT2D eigenvalue weighted by atomic mass is 9.67. The number of ketones is 1. The lowest BCUT2D eigenvalue weighted by Crippen LogP contribution is -2.49. The van der Waals surface area contributed by atoms with Gasteiger partial charge in [-0.25, -0.2) is 0 Å². The molecule has 2 aromatic carbocycles. The summed E-state index contributed by atoms with van der Waals surface area (Å²) in [6, 6.07) is 18.0. The second-order valence-electron chi connectivity index (χ2n) is 8.77. The summed E-state index contributed by atoms with van der Waals surface area (Å²) in [6.45, 7) is 8.94. The summed E-state index contributed by atoms with van der Waals surface area (Å²) in [5.74, 6) is 0.297. The van der Waals surface area contributed by atoms with Crippen LogP contribution in [-0.4, -0.2) is 36.2 Å². The van der Waals surface area contributed by atoms with Gasteiger partial charge in [-0.2, -0.15) is 0 Å². The van der Waals surface area contributed by atoms with Crippen LogP contribution in [-0.2, 0) is 16.6 Å². The van der Waals surface area contributed by atoms with Crippen LogP contribution >= 0.6 is 0 Å². The average molecular weight is 393 g/mol. The minimum absolute atomic E-state index is 0.00684. The summed E-state index contributed by atoms with van der Waals surface area (Å²) in [4.78, 5) is 26.3. The molecule has 0 spiro atoms. The molecule has 1 aliphatic rings. The van der Waals surface area contributed by atoms with Gasteiger partial charge in [-0.05, 0) is 60.9 Å². The number of hydrogen-bond acceptors (Lipinski definition) is 3. The van der Waals surface area contributed by atoms with Crippen LogP contribution in [0.3, 0.4) is 0 Å². The summed E-state index contributed by atoms with van der Waals surface area (Å²) < 4.78 is 0. The predicted octanol–water partition coefficient (Wildman–Crippen LogP) is 3.83. The zero-order valence-corrected chi connectivity index (χ0v) is 17.7. The average Bonchev–Trinajstić information content (AvgIpc) is 2.71. The predicted molar refractivity (Wildman–Crippen MR) is 117 cm³/mol. The zero-order valence-electron chi connectivity index (χ0n) is 17.7. The number of rotatable bonds is 7. The molecule has 1 fully saturated rings. The van der Waals surface area contributed by atoms with E-state index in [4.69, 9.17) is 5.73 Å². The van der Waals surface area contributed by atoms with Crippen molar-refractivity contribution < 1.29 is 9.59 Å². The number of piperidine rings is 1. The van der Waals surface area contributed by atoms with Gasteiger partial charge in [-0.15, -0.1) is 0 Å². The van der Waals surface area contributed by atoms with Gasteiger partial charge in [-0.1, -0.05) is 56.3 Å². The highest BCUT2D eigenvalue weighted by atomic mass is 16.1. The van der Waals surface area contributed by atoms with E-state index >= 15 is 0 Å². The largest absolute Gasteiger partial charge is 0.366 e. The summed E-state index contributed by atoms with van der Waals surface area (Å²) >= 11 is 0. The molecule has 1 amide bonds. The molecule has 0 aliphatic carbocycles. The Kier molecular flexibility index (Phi) is 6.53. The molecule has 0 radical (unpaired) electrons. The Balaban J connectivity index is 1.69. The number of carbonyl (C=O) groups is 2. The van der Waals surface area contributed by atoms with Crippen molar-refractivity contribution in [3.05, 3.63) is 71.3 Å². The van der Waals surface area contributed by atoms with Gasteiger partial charge in [0.2, 0.25) is 5.91 Å². The van der Waals surface area contributed by atoms with Crippen LogP contribution < -0.4 is 5.73 Å². The molecule has 3 atom stereocenters. The van der Waals surface area contributed by atoms with Crippen LogP contribution in [0.4, 0.5) is 0 Å². The Morgan fingerprint density at radius 2 is 1.90 bits per heavy atom. The number of likely N-dealkylation sites (tertiary alicyclic amines) is 1. The highest BCUT2D eigenvalue weighted by Crippen LogP contribution is 2.39. The SMILES string of the molecule is CC(=O)C(Cc1ccccc1)CN1CC[C@@](C)(c2cccc(C(N)=O)c2)C(C)C1. The highest BCUT2D eigenvalue weighted by Gasteiger charge is 2.38. The maximum atomic E-state index is 12.3. The number of hydrogen-bond donors (Lipinski definition) is 1. The lowest BCUT2D eigenvalue weighted by Gasteiger charge is -2.46. The molecule has 3 rings (SSSR count). The Bertz CT molecular complexity index is 864. The number of carbonyl (C=O) groups excluding carboxylic acids is 2. The van der Waals surface area contributed by atoms with Crippen LogP contribution in [0.2, 0.25) is 0 Å². The summed E-state index contributed by atoms with van der Waals surface area (Å²) in [6.07, 6.45) is 1.78. The van der Waals surface area contributed by atoms with Crippen molar-refractivity contribution in [1.29, 1.82) is 0 Å². The number of amides is 1. The van der Waals surface area contributed by atoms with Crippen LogP contribution in [0, 0.1) is 11.8 Å². The maximum Gasteiger partial charge on any atom is 0.248 e. The fraction of sp³-hybridized carbons (Fsp3) is 0.440. The highest BCUT2D eigenvalue weighted by molar-refractivity contribution is 5.93. The maximum absolute atomic E-state index is 12.3. The van der Waals surface area contributed by atoms with Crippen molar-refractivity contribution >= 4 is 11.7 Å². The Hall–Kier alpha value is -2.46. The first-order valence-electron chi connectivity index (χ1n) is 10.5. The molecule has 2 N–H and O–H groups in total. The molecule has 4 heteroatoms. The first-order valence-corrected chi connectivity index (χ1v) is 10.5. The molecule has 0 bridgehead atoms. The lowest BCUT2D eigenvalue weighted by molar-refractivity contribution is -0.121. The Morgan fingerprint density at radius 3 is 2.52 bits per heavy atom. The van der Waals surface area contributed by atoms with Gasteiger partial charge in [-0.3, -0.25) is 9.59 Å². The first-order chi connectivity index (χ1) is 13.8. The quantitative estimate of drug-likeness (QED) is 0.779. The number of nitrogens with zero attached hydrogens (tertiary/aromatic N) is 1. The number of primary amides is 1. The Labute approximate surface area is 174 Å². The minimum Gasteiger partial charge on any atom is -0.366 e. The molecule has 1 saturated heterocycles. The van der Waals surface area contributed by atoms with Gasteiger partial charge in [0.1, 0.15) is 5.78 Å². The van der Waals surface area contributed by atoms with Crippen molar-refractivity contribution in [2.24, 2.45) is 17.6 Å². The van der Waals surface area contributed by atoms with E-state index in [1.54, 1.807) is 13.0 Å². The van der Waals surface area contributed by atoms with Crippen molar-refractivity contribution in [3.63, 3.8) is 0 Å². The summed E-state index contributed by atoms with van der Waals surface area (Å²) in [5, 5.41) is 0. The molecule has 154 valence electrons. The van der Waals surface area contributed by atoms with Gasteiger partial charge in [0.25, 0.3) is 0 Å². The van der Waals surface area contributed by atoms with Gasteiger partial charge < -0.3 is 10.6 Å². The molecule has 0 aromatic heterocycles. The third-order valence-corrected chi connectivity index (χ3v) is 6.75. The smallest absolute Gasteiger partial charge is 0.248 e. The number of benzene rings is 2. The molecule has 1 aliphatic heterocycles.